The van der Waals surface area contributed by atoms with E-state index in [1.165, 1.54) is 0 Å². The summed E-state index contributed by atoms with van der Waals surface area (Å²) >= 11 is 9.31. The van der Waals surface area contributed by atoms with Gasteiger partial charge in [-0.05, 0) is 60.2 Å². The Hall–Kier alpha value is -2.09. The molecule has 1 unspecified atom stereocenters. The molecule has 2 aromatic carbocycles. The molecule has 154 valence electrons. The molecule has 1 aliphatic rings. The summed E-state index contributed by atoms with van der Waals surface area (Å²) in [5.41, 5.74) is 0.956. The van der Waals surface area contributed by atoms with Gasteiger partial charge in [0, 0.05) is 31.2 Å². The van der Waals surface area contributed by atoms with Gasteiger partial charge in [-0.25, -0.2) is 0 Å². The molecule has 1 heterocycles. The predicted molar refractivity (Wildman–Crippen MR) is 118 cm³/mol. The predicted octanol–water partition coefficient (Wildman–Crippen LogP) is 3.90. The van der Waals surface area contributed by atoms with Crippen molar-refractivity contribution in [2.75, 3.05) is 38.5 Å². The number of nitrogens with zero attached hydrogens (tertiary/aromatic N) is 2. The molecule has 0 bridgehead atoms. The first kappa shape index (κ1) is 21.6. The number of rotatable bonds is 5. The largest absolute Gasteiger partial charge is 0.480 e. The normalized spacial score (nSPS) is 15.7. The molecule has 0 aliphatic carbocycles. The number of hydrogen-bond acceptors (Lipinski definition) is 4. The van der Waals surface area contributed by atoms with Crippen molar-refractivity contribution in [2.45, 2.75) is 13.0 Å². The molecule has 1 saturated heterocycles. The van der Waals surface area contributed by atoms with Crippen LogP contribution in [0.15, 0.2) is 46.9 Å². The molecule has 6 nitrogen and oxygen atoms in total. The Morgan fingerprint density at radius 2 is 1.83 bits per heavy atom. The van der Waals surface area contributed by atoms with Gasteiger partial charge in [0.15, 0.2) is 6.10 Å². The summed E-state index contributed by atoms with van der Waals surface area (Å²) in [6, 6.07) is 12.1. The first-order chi connectivity index (χ1) is 13.8. The number of likely N-dealkylation sites (N-methyl/N-ethyl adjacent to an activating group) is 1. The van der Waals surface area contributed by atoms with Gasteiger partial charge in [-0.2, -0.15) is 0 Å². The molecule has 1 aliphatic heterocycles. The van der Waals surface area contributed by atoms with Gasteiger partial charge in [0.1, 0.15) is 5.75 Å². The van der Waals surface area contributed by atoms with Crippen LogP contribution >= 0.6 is 27.5 Å². The van der Waals surface area contributed by atoms with Crippen molar-refractivity contribution in [3.05, 3.63) is 57.5 Å². The lowest BCUT2D eigenvalue weighted by Gasteiger charge is -2.32. The molecule has 1 atom stereocenters. The third-order valence-electron chi connectivity index (χ3n) is 4.77. The number of benzene rings is 2. The molecule has 3 rings (SSSR count). The zero-order chi connectivity index (χ0) is 21.0. The van der Waals surface area contributed by atoms with Crippen molar-refractivity contribution in [2.24, 2.45) is 0 Å². The number of hydrogen-bond donors (Lipinski definition) is 1. The second-order valence-electron chi connectivity index (χ2n) is 6.97. The minimum absolute atomic E-state index is 0.0805. The molecule has 29 heavy (non-hydrogen) atoms. The Morgan fingerprint density at radius 1 is 1.14 bits per heavy atom. The number of carbonyl (C=O) groups excluding carboxylic acids is 2. The zero-order valence-electron chi connectivity index (χ0n) is 16.3. The summed E-state index contributed by atoms with van der Waals surface area (Å²) in [6.45, 7) is 4.66. The fourth-order valence-electron chi connectivity index (χ4n) is 3.01. The Bertz CT molecular complexity index is 900. The van der Waals surface area contributed by atoms with E-state index in [4.69, 9.17) is 16.3 Å². The summed E-state index contributed by atoms with van der Waals surface area (Å²) in [5, 5.41) is 3.39. The highest BCUT2D eigenvalue weighted by Crippen LogP contribution is 2.29. The van der Waals surface area contributed by atoms with Gasteiger partial charge in [-0.15, -0.1) is 0 Å². The Kier molecular flexibility index (Phi) is 7.16. The molecule has 1 N–H and O–H groups in total. The Balaban J connectivity index is 1.69. The SMILES string of the molecule is CC(Oc1ccc(Cl)cc1Br)C(=O)Nc1ccccc1C(=O)N1CCN(C)CC1. The van der Waals surface area contributed by atoms with Crippen LogP contribution in [0.4, 0.5) is 5.69 Å². The Morgan fingerprint density at radius 3 is 2.52 bits per heavy atom. The molecular formula is C21H23BrClN3O3. The Labute approximate surface area is 183 Å². The molecule has 8 heteroatoms. The fourth-order valence-corrected chi connectivity index (χ4v) is 3.78. The van der Waals surface area contributed by atoms with Crippen LogP contribution in [0.3, 0.4) is 0 Å². The van der Waals surface area contributed by atoms with Gasteiger partial charge in [-0.3, -0.25) is 9.59 Å². The first-order valence-corrected chi connectivity index (χ1v) is 10.5. The van der Waals surface area contributed by atoms with Crippen molar-refractivity contribution >= 4 is 45.0 Å². The molecule has 2 aromatic rings. The van der Waals surface area contributed by atoms with Gasteiger partial charge in [0.05, 0.1) is 15.7 Å². The van der Waals surface area contributed by atoms with E-state index in [0.29, 0.717) is 39.6 Å². The quantitative estimate of drug-likeness (QED) is 0.705. The zero-order valence-corrected chi connectivity index (χ0v) is 18.7. The second-order valence-corrected chi connectivity index (χ2v) is 8.26. The van der Waals surface area contributed by atoms with Gasteiger partial charge in [-0.1, -0.05) is 23.7 Å². The van der Waals surface area contributed by atoms with Crippen LogP contribution in [0.5, 0.6) is 5.75 Å². The van der Waals surface area contributed by atoms with E-state index in [9.17, 15) is 9.59 Å². The van der Waals surface area contributed by atoms with Crippen LogP contribution in [0.25, 0.3) is 0 Å². The minimum Gasteiger partial charge on any atom is -0.480 e. The summed E-state index contributed by atoms with van der Waals surface area (Å²) in [6.07, 6.45) is -0.765. The monoisotopic (exact) mass is 479 g/mol. The van der Waals surface area contributed by atoms with Crippen LogP contribution in [0.2, 0.25) is 5.02 Å². The average molecular weight is 481 g/mol. The van der Waals surface area contributed by atoms with E-state index in [1.54, 1.807) is 49.4 Å². The molecular weight excluding hydrogens is 458 g/mol. The lowest BCUT2D eigenvalue weighted by atomic mass is 10.1. The molecule has 2 amide bonds. The molecule has 1 fully saturated rings. The lowest BCUT2D eigenvalue weighted by molar-refractivity contribution is -0.122. The number of nitrogens with one attached hydrogen (secondary N) is 1. The van der Waals surface area contributed by atoms with Crippen LogP contribution < -0.4 is 10.1 Å². The maximum atomic E-state index is 13.0. The maximum absolute atomic E-state index is 13.0. The number of halogens is 2. The lowest BCUT2D eigenvalue weighted by Crippen LogP contribution is -2.47. The van der Waals surface area contributed by atoms with Gasteiger partial charge >= 0.3 is 0 Å². The summed E-state index contributed by atoms with van der Waals surface area (Å²) in [5.74, 6) is 0.0901. The number of anilines is 1. The summed E-state index contributed by atoms with van der Waals surface area (Å²) in [7, 11) is 2.04. The molecule has 0 saturated carbocycles. The van der Waals surface area contributed by atoms with E-state index in [2.05, 4.69) is 26.1 Å². The van der Waals surface area contributed by atoms with Gasteiger partial charge in [0.25, 0.3) is 11.8 Å². The van der Waals surface area contributed by atoms with Crippen molar-refractivity contribution in [3.8, 4) is 5.75 Å². The van der Waals surface area contributed by atoms with Crippen molar-refractivity contribution < 1.29 is 14.3 Å². The van der Waals surface area contributed by atoms with Crippen LogP contribution in [0.1, 0.15) is 17.3 Å². The molecule has 0 spiro atoms. The fraction of sp³-hybridized carbons (Fsp3) is 0.333. The standard InChI is InChI=1S/C21H23BrClN3O3/c1-14(29-19-8-7-15(23)13-17(19)22)20(27)24-18-6-4-3-5-16(18)21(28)26-11-9-25(2)10-12-26/h3-8,13-14H,9-12H2,1-2H3,(H,24,27). The van der Waals surface area contributed by atoms with E-state index in [1.807, 2.05) is 11.9 Å². The van der Waals surface area contributed by atoms with E-state index in [0.717, 1.165) is 13.1 Å². The van der Waals surface area contributed by atoms with Gasteiger partial charge < -0.3 is 19.9 Å². The van der Waals surface area contributed by atoms with Gasteiger partial charge in [0.2, 0.25) is 0 Å². The highest BCUT2D eigenvalue weighted by Gasteiger charge is 2.24. The smallest absolute Gasteiger partial charge is 0.265 e. The third-order valence-corrected chi connectivity index (χ3v) is 5.63. The number of carbonyl (C=O) groups is 2. The molecule has 0 radical (unpaired) electrons. The third kappa shape index (κ3) is 5.50. The number of para-hydroxylation sites is 1. The summed E-state index contributed by atoms with van der Waals surface area (Å²) < 4.78 is 6.41. The summed E-state index contributed by atoms with van der Waals surface area (Å²) in [4.78, 5) is 29.6. The number of amides is 2. The van der Waals surface area contributed by atoms with E-state index in [-0.39, 0.29) is 11.8 Å². The topological polar surface area (TPSA) is 61.9 Å². The minimum atomic E-state index is -0.765. The van der Waals surface area contributed by atoms with Crippen LogP contribution in [0, 0.1) is 0 Å². The van der Waals surface area contributed by atoms with Crippen LogP contribution in [-0.2, 0) is 4.79 Å². The highest BCUT2D eigenvalue weighted by atomic mass is 79.9. The average Bonchev–Trinajstić information content (AvgIpc) is 2.70. The maximum Gasteiger partial charge on any atom is 0.265 e. The second kappa shape index (κ2) is 9.61. The van der Waals surface area contributed by atoms with Crippen molar-refractivity contribution in [1.29, 1.82) is 0 Å². The highest BCUT2D eigenvalue weighted by molar-refractivity contribution is 9.10. The van der Waals surface area contributed by atoms with E-state index >= 15 is 0 Å². The van der Waals surface area contributed by atoms with E-state index < -0.39 is 6.10 Å². The van der Waals surface area contributed by atoms with Crippen molar-refractivity contribution in [3.63, 3.8) is 0 Å². The molecule has 0 aromatic heterocycles. The van der Waals surface area contributed by atoms with Crippen molar-refractivity contribution in [1.82, 2.24) is 9.80 Å². The number of piperazine rings is 1. The first-order valence-electron chi connectivity index (χ1n) is 9.34. The van der Waals surface area contributed by atoms with Crippen LogP contribution in [-0.4, -0.2) is 60.9 Å². The number of ether oxygens (including phenoxy) is 1.